The van der Waals surface area contributed by atoms with Crippen LogP contribution in [0.25, 0.3) is 0 Å². The normalized spacial score (nSPS) is 16.5. The Morgan fingerprint density at radius 1 is 0.743 bits per heavy atom. The number of benzene rings is 3. The van der Waals surface area contributed by atoms with Crippen molar-refractivity contribution in [2.45, 2.75) is 25.0 Å². The van der Waals surface area contributed by atoms with E-state index in [0.717, 1.165) is 24.2 Å². The van der Waals surface area contributed by atoms with Crippen LogP contribution in [0.1, 0.15) is 22.8 Å². The Bertz CT molecular complexity index is 1130. The van der Waals surface area contributed by atoms with Gasteiger partial charge in [-0.3, -0.25) is 0 Å². The van der Waals surface area contributed by atoms with E-state index in [1.807, 2.05) is 36.4 Å². The number of aryl methyl sites for hydroxylation is 2. The molecule has 0 saturated heterocycles. The topological polar surface area (TPSA) is 95.8 Å². The van der Waals surface area contributed by atoms with Gasteiger partial charge in [0.25, 0.3) is 0 Å². The minimum atomic E-state index is -0.708. The van der Waals surface area contributed by atoms with Gasteiger partial charge in [-0.15, -0.1) is 0 Å². The first-order chi connectivity index (χ1) is 17.0. The summed E-state index contributed by atoms with van der Waals surface area (Å²) in [5, 5.41) is 20.3. The molecule has 0 spiro atoms. The van der Waals surface area contributed by atoms with Gasteiger partial charge in [-0.1, -0.05) is 12.1 Å². The first-order valence-electron chi connectivity index (χ1n) is 11.2. The monoisotopic (exact) mass is 482 g/mol. The van der Waals surface area contributed by atoms with Crippen molar-refractivity contribution >= 4 is 0 Å². The minimum absolute atomic E-state index is 0.112. The molecule has 0 bridgehead atoms. The van der Waals surface area contributed by atoms with Crippen molar-refractivity contribution in [3.8, 4) is 40.2 Å². The van der Waals surface area contributed by atoms with Crippen molar-refractivity contribution in [2.24, 2.45) is 0 Å². The van der Waals surface area contributed by atoms with E-state index in [2.05, 4.69) is 0 Å². The maximum atomic E-state index is 10.3. The van der Waals surface area contributed by atoms with Gasteiger partial charge >= 0.3 is 0 Å². The van der Waals surface area contributed by atoms with Gasteiger partial charge < -0.3 is 38.6 Å². The van der Waals surface area contributed by atoms with Crippen molar-refractivity contribution in [1.82, 2.24) is 0 Å². The summed E-state index contributed by atoms with van der Waals surface area (Å²) in [6.45, 7) is -0.294. The second kappa shape index (κ2) is 10.7. The fourth-order valence-electron chi connectivity index (χ4n) is 4.13. The van der Waals surface area contributed by atoms with Crippen molar-refractivity contribution in [3.63, 3.8) is 0 Å². The van der Waals surface area contributed by atoms with Crippen LogP contribution >= 0.6 is 0 Å². The molecule has 2 N–H and O–H groups in total. The van der Waals surface area contributed by atoms with E-state index in [-0.39, 0.29) is 23.9 Å². The summed E-state index contributed by atoms with van der Waals surface area (Å²) in [4.78, 5) is 0. The Morgan fingerprint density at radius 2 is 1.37 bits per heavy atom. The fourth-order valence-corrected chi connectivity index (χ4v) is 4.13. The number of ether oxygens (including phenoxy) is 6. The van der Waals surface area contributed by atoms with Gasteiger partial charge in [0, 0.05) is 5.56 Å². The Labute approximate surface area is 204 Å². The summed E-state index contributed by atoms with van der Waals surface area (Å²) in [6, 6.07) is 15.1. The lowest BCUT2D eigenvalue weighted by Gasteiger charge is -2.34. The van der Waals surface area contributed by atoms with E-state index < -0.39 is 12.2 Å². The molecule has 0 aliphatic carbocycles. The number of phenolic OH excluding ortho intramolecular Hbond substituents is 1. The van der Waals surface area contributed by atoms with Gasteiger partial charge in [-0.25, -0.2) is 0 Å². The summed E-state index contributed by atoms with van der Waals surface area (Å²) in [6.07, 6.45) is 0.203. The molecule has 0 unspecified atom stereocenters. The number of phenols is 1. The minimum Gasteiger partial charge on any atom is -0.502 e. The second-order valence-electron chi connectivity index (χ2n) is 8.12. The summed E-state index contributed by atoms with van der Waals surface area (Å²) >= 11 is 0. The Hall–Kier alpha value is -3.78. The highest BCUT2D eigenvalue weighted by Gasteiger charge is 2.36. The zero-order chi connectivity index (χ0) is 24.9. The van der Waals surface area contributed by atoms with Crippen LogP contribution in [0.5, 0.6) is 40.2 Å². The van der Waals surface area contributed by atoms with Crippen LogP contribution in [0.15, 0.2) is 48.5 Å². The van der Waals surface area contributed by atoms with Gasteiger partial charge in [-0.05, 0) is 60.4 Å². The maximum absolute atomic E-state index is 10.3. The Kier molecular flexibility index (Phi) is 7.41. The van der Waals surface area contributed by atoms with E-state index in [0.29, 0.717) is 22.8 Å². The highest BCUT2D eigenvalue weighted by atomic mass is 16.6. The van der Waals surface area contributed by atoms with Crippen LogP contribution in [0.2, 0.25) is 0 Å². The Morgan fingerprint density at radius 3 is 1.94 bits per heavy atom. The quantitative estimate of drug-likeness (QED) is 0.471. The van der Waals surface area contributed by atoms with Crippen LogP contribution in [0.3, 0.4) is 0 Å². The maximum Gasteiger partial charge on any atom is 0.204 e. The van der Waals surface area contributed by atoms with E-state index in [4.69, 9.17) is 28.4 Å². The lowest BCUT2D eigenvalue weighted by Crippen LogP contribution is -2.36. The number of rotatable bonds is 9. The molecule has 0 fully saturated rings. The van der Waals surface area contributed by atoms with Crippen LogP contribution in [0.4, 0.5) is 0 Å². The summed E-state index contributed by atoms with van der Waals surface area (Å²) < 4.78 is 33.9. The average Bonchev–Trinajstić information content (AvgIpc) is 2.91. The smallest absolute Gasteiger partial charge is 0.204 e. The van der Waals surface area contributed by atoms with Crippen LogP contribution in [-0.4, -0.2) is 51.4 Å². The molecular formula is C27H30O8. The molecule has 0 amide bonds. The Balaban J connectivity index is 1.64. The number of aliphatic hydroxyl groups excluding tert-OH is 1. The molecule has 0 radical (unpaired) electrons. The number of methoxy groups -OCH3 is 4. The number of aliphatic hydroxyl groups is 1. The van der Waals surface area contributed by atoms with Crippen molar-refractivity contribution in [3.05, 3.63) is 65.2 Å². The first kappa shape index (κ1) is 24.3. The second-order valence-corrected chi connectivity index (χ2v) is 8.12. The van der Waals surface area contributed by atoms with Gasteiger partial charge in [0.05, 0.1) is 35.0 Å². The van der Waals surface area contributed by atoms with E-state index in [1.165, 1.54) is 19.8 Å². The molecule has 1 aliphatic heterocycles. The predicted molar refractivity (Wildman–Crippen MR) is 129 cm³/mol. The molecule has 3 aromatic carbocycles. The molecular weight excluding hydrogens is 452 g/mol. The van der Waals surface area contributed by atoms with Gasteiger partial charge in [-0.2, -0.15) is 0 Å². The molecule has 35 heavy (non-hydrogen) atoms. The van der Waals surface area contributed by atoms with Crippen molar-refractivity contribution < 1.29 is 38.6 Å². The summed E-state index contributed by atoms with van der Waals surface area (Å²) in [5.41, 5.74) is 2.83. The molecule has 1 aliphatic rings. The lowest BCUT2D eigenvalue weighted by molar-refractivity contribution is -0.0143. The van der Waals surface area contributed by atoms with Gasteiger partial charge in [0.2, 0.25) is 11.5 Å². The van der Waals surface area contributed by atoms with Crippen molar-refractivity contribution in [2.75, 3.05) is 35.0 Å². The SMILES string of the molecule is COc1ccc(CCc2cc(OC)c3c(c2)O[C@H](c2cc(OC)c(O)c(OC)c2)[C@@H](CO)O3)cc1. The van der Waals surface area contributed by atoms with Crippen LogP contribution in [-0.2, 0) is 12.8 Å². The van der Waals surface area contributed by atoms with Gasteiger partial charge in [0.1, 0.15) is 5.75 Å². The first-order valence-corrected chi connectivity index (χ1v) is 11.2. The summed E-state index contributed by atoms with van der Waals surface area (Å²) in [5.74, 6) is 2.65. The molecule has 8 nitrogen and oxygen atoms in total. The highest BCUT2D eigenvalue weighted by molar-refractivity contribution is 5.57. The molecule has 3 aromatic rings. The molecule has 1 heterocycles. The third-order valence-electron chi connectivity index (χ3n) is 6.03. The highest BCUT2D eigenvalue weighted by Crippen LogP contribution is 2.48. The van der Waals surface area contributed by atoms with Gasteiger partial charge in [0.15, 0.2) is 35.2 Å². The molecule has 0 saturated carbocycles. The fraction of sp³-hybridized carbons (Fsp3) is 0.333. The third kappa shape index (κ3) is 5.02. The van der Waals surface area contributed by atoms with E-state index >= 15 is 0 Å². The molecule has 2 atom stereocenters. The average molecular weight is 483 g/mol. The molecule has 186 valence electrons. The summed E-state index contributed by atoms with van der Waals surface area (Å²) in [7, 11) is 6.13. The number of hydrogen-bond acceptors (Lipinski definition) is 8. The third-order valence-corrected chi connectivity index (χ3v) is 6.03. The molecule has 0 aromatic heterocycles. The predicted octanol–water partition coefficient (Wildman–Crippen LogP) is 4.09. The molecule has 8 heteroatoms. The van der Waals surface area contributed by atoms with E-state index in [9.17, 15) is 10.2 Å². The van der Waals surface area contributed by atoms with Crippen molar-refractivity contribution in [1.29, 1.82) is 0 Å². The lowest BCUT2D eigenvalue weighted by atomic mass is 10.00. The van der Waals surface area contributed by atoms with Crippen LogP contribution in [0, 0.1) is 0 Å². The zero-order valence-corrected chi connectivity index (χ0v) is 20.2. The number of aromatic hydroxyl groups is 1. The number of hydrogen-bond donors (Lipinski definition) is 2. The molecule has 4 rings (SSSR count). The standard InChI is InChI=1S/C27H30O8/c1-30-19-9-7-16(8-10-19)5-6-17-11-22(33-4)27-23(12-17)34-26(24(15-28)35-27)18-13-20(31-2)25(29)21(14-18)32-3/h7-14,24,26,28-29H,5-6,15H2,1-4H3/t24-,26-/m1/s1. The number of fused-ring (bicyclic) bond motifs is 1. The van der Waals surface area contributed by atoms with E-state index in [1.54, 1.807) is 26.4 Å². The zero-order valence-electron chi connectivity index (χ0n) is 20.2. The van der Waals surface area contributed by atoms with Crippen LogP contribution < -0.4 is 28.4 Å². The largest absolute Gasteiger partial charge is 0.502 e.